The third kappa shape index (κ3) is 6.27. The van der Waals surface area contributed by atoms with Gasteiger partial charge in [0, 0.05) is 39.3 Å². The number of fused-ring (bicyclic) bond motifs is 1. The second kappa shape index (κ2) is 13.0. The lowest BCUT2D eigenvalue weighted by Gasteiger charge is -2.36. The highest BCUT2D eigenvalue weighted by Gasteiger charge is 2.23. The lowest BCUT2D eigenvalue weighted by Crippen LogP contribution is -2.47. The molecule has 4 rings (SSSR count). The van der Waals surface area contributed by atoms with Gasteiger partial charge in [-0.25, -0.2) is 0 Å². The van der Waals surface area contributed by atoms with Crippen molar-refractivity contribution in [2.24, 2.45) is 0 Å². The molecule has 0 saturated carbocycles. The molecule has 0 radical (unpaired) electrons. The highest BCUT2D eigenvalue weighted by atomic mass is 35.5. The molecule has 1 unspecified atom stereocenters. The minimum Gasteiger partial charge on any atom is -0.495 e. The Morgan fingerprint density at radius 2 is 1.62 bits per heavy atom. The number of para-hydroxylation sites is 2. The molecule has 2 heterocycles. The summed E-state index contributed by atoms with van der Waals surface area (Å²) in [5.74, 6) is 2.44. The van der Waals surface area contributed by atoms with Crippen molar-refractivity contribution < 1.29 is 23.7 Å². The van der Waals surface area contributed by atoms with E-state index in [9.17, 15) is 0 Å². The molecule has 1 saturated heterocycles. The van der Waals surface area contributed by atoms with Crippen molar-refractivity contribution in [1.82, 2.24) is 4.90 Å². The van der Waals surface area contributed by atoms with E-state index >= 15 is 0 Å². The van der Waals surface area contributed by atoms with Crippen LogP contribution in [-0.4, -0.2) is 78.8 Å². The van der Waals surface area contributed by atoms with Gasteiger partial charge in [-0.3, -0.25) is 4.90 Å². The van der Waals surface area contributed by atoms with Crippen molar-refractivity contribution >= 4 is 18.1 Å². The number of hydrogen-bond acceptors (Lipinski definition) is 7. The quantitative estimate of drug-likeness (QED) is 0.491. The topological polar surface area (TPSA) is 52.6 Å². The summed E-state index contributed by atoms with van der Waals surface area (Å²) in [6.45, 7) is 6.90. The number of ether oxygens (including phenoxy) is 5. The summed E-state index contributed by atoms with van der Waals surface area (Å²) in [5.41, 5.74) is 3.58. The Kier molecular flexibility index (Phi) is 10.1. The second-order valence-electron chi connectivity index (χ2n) is 8.44. The molecule has 0 aliphatic carbocycles. The summed E-state index contributed by atoms with van der Waals surface area (Å²) in [6, 6.07) is 12.4. The Morgan fingerprint density at radius 3 is 2.35 bits per heavy atom. The largest absolute Gasteiger partial charge is 0.495 e. The SMILES string of the molecule is COc1cc2c(cc1OC)C(COCCN1CCN(c3ccccc3OC)CC1)OCCC2.Cl. The molecule has 7 nitrogen and oxygen atoms in total. The van der Waals surface area contributed by atoms with Crippen LogP contribution in [-0.2, 0) is 15.9 Å². The smallest absolute Gasteiger partial charge is 0.161 e. The maximum atomic E-state index is 6.13. The summed E-state index contributed by atoms with van der Waals surface area (Å²) >= 11 is 0. The molecule has 0 spiro atoms. The molecular formula is C26H37ClN2O5. The molecule has 0 aromatic heterocycles. The molecule has 1 fully saturated rings. The summed E-state index contributed by atoms with van der Waals surface area (Å²) in [6.07, 6.45) is 1.89. The zero-order valence-electron chi connectivity index (χ0n) is 20.5. The van der Waals surface area contributed by atoms with Gasteiger partial charge in [0.2, 0.25) is 0 Å². The minimum absolute atomic E-state index is 0. The third-order valence-electron chi connectivity index (χ3n) is 6.52. The maximum absolute atomic E-state index is 6.13. The molecule has 1 atom stereocenters. The van der Waals surface area contributed by atoms with Gasteiger partial charge in [-0.05, 0) is 48.2 Å². The first-order valence-corrected chi connectivity index (χ1v) is 11.8. The fourth-order valence-corrected chi connectivity index (χ4v) is 4.66. The van der Waals surface area contributed by atoms with Gasteiger partial charge < -0.3 is 28.6 Å². The van der Waals surface area contributed by atoms with Gasteiger partial charge in [0.1, 0.15) is 11.9 Å². The van der Waals surface area contributed by atoms with Gasteiger partial charge in [0.25, 0.3) is 0 Å². The standard InChI is InChI=1S/C26H36N2O5.ClH/c1-29-23-9-5-4-8-22(23)28-12-10-27(11-13-28)14-16-32-19-26-21-18-25(31-3)24(30-2)17-20(21)7-6-15-33-26;/h4-5,8-9,17-18,26H,6-7,10-16,19H2,1-3H3;1H. The molecule has 2 aliphatic heterocycles. The van der Waals surface area contributed by atoms with Crippen molar-refractivity contribution in [3.8, 4) is 17.2 Å². The summed E-state index contributed by atoms with van der Waals surface area (Å²) in [4.78, 5) is 4.86. The lowest BCUT2D eigenvalue weighted by molar-refractivity contribution is -0.0201. The van der Waals surface area contributed by atoms with Gasteiger partial charge in [-0.2, -0.15) is 0 Å². The van der Waals surface area contributed by atoms with Crippen molar-refractivity contribution in [3.63, 3.8) is 0 Å². The van der Waals surface area contributed by atoms with E-state index in [-0.39, 0.29) is 18.5 Å². The highest BCUT2D eigenvalue weighted by Crippen LogP contribution is 2.36. The molecule has 0 N–H and O–H groups in total. The predicted octanol–water partition coefficient (Wildman–Crippen LogP) is 3.98. The van der Waals surface area contributed by atoms with Crippen LogP contribution in [0.4, 0.5) is 5.69 Å². The van der Waals surface area contributed by atoms with Crippen LogP contribution in [0.3, 0.4) is 0 Å². The third-order valence-corrected chi connectivity index (χ3v) is 6.52. The monoisotopic (exact) mass is 492 g/mol. The number of rotatable bonds is 9. The highest BCUT2D eigenvalue weighted by molar-refractivity contribution is 5.85. The van der Waals surface area contributed by atoms with Gasteiger partial charge >= 0.3 is 0 Å². The number of anilines is 1. The van der Waals surface area contributed by atoms with Crippen molar-refractivity contribution in [3.05, 3.63) is 47.5 Å². The van der Waals surface area contributed by atoms with E-state index in [1.165, 1.54) is 11.3 Å². The number of methoxy groups -OCH3 is 3. The number of halogens is 1. The van der Waals surface area contributed by atoms with Crippen LogP contribution in [0.15, 0.2) is 36.4 Å². The Balaban J connectivity index is 0.00000324. The first-order valence-electron chi connectivity index (χ1n) is 11.8. The number of hydrogen-bond donors (Lipinski definition) is 0. The van der Waals surface area contributed by atoms with Crippen LogP contribution in [0.2, 0.25) is 0 Å². The first kappa shape index (κ1) is 26.4. The van der Waals surface area contributed by atoms with Crippen LogP contribution in [0, 0.1) is 0 Å². The molecule has 188 valence electrons. The fourth-order valence-electron chi connectivity index (χ4n) is 4.66. The van der Waals surface area contributed by atoms with Crippen LogP contribution >= 0.6 is 12.4 Å². The number of aryl methyl sites for hydroxylation is 1. The van der Waals surface area contributed by atoms with Gasteiger partial charge in [-0.15, -0.1) is 12.4 Å². The number of nitrogens with zero attached hydrogens (tertiary/aromatic N) is 2. The molecule has 0 bridgehead atoms. The second-order valence-corrected chi connectivity index (χ2v) is 8.44. The Morgan fingerprint density at radius 1 is 0.912 bits per heavy atom. The summed E-state index contributed by atoms with van der Waals surface area (Å²) in [5, 5.41) is 0. The molecule has 2 aromatic rings. The Bertz CT molecular complexity index is 905. The first-order chi connectivity index (χ1) is 16.2. The summed E-state index contributed by atoms with van der Waals surface area (Å²) in [7, 11) is 5.07. The normalized spacial score (nSPS) is 18.4. The van der Waals surface area contributed by atoms with E-state index in [1.54, 1.807) is 21.3 Å². The van der Waals surface area contributed by atoms with Crippen LogP contribution in [0.1, 0.15) is 23.7 Å². The molecule has 2 aromatic carbocycles. The Labute approximate surface area is 209 Å². The van der Waals surface area contributed by atoms with Crippen molar-refractivity contribution in [1.29, 1.82) is 0 Å². The van der Waals surface area contributed by atoms with E-state index in [0.717, 1.165) is 75.0 Å². The predicted molar refractivity (Wildman–Crippen MR) is 136 cm³/mol. The van der Waals surface area contributed by atoms with Crippen LogP contribution in [0.5, 0.6) is 17.2 Å². The average Bonchev–Trinajstić information content (AvgIpc) is 3.07. The van der Waals surface area contributed by atoms with Crippen LogP contribution < -0.4 is 19.1 Å². The number of benzene rings is 2. The van der Waals surface area contributed by atoms with Gasteiger partial charge in [0.05, 0.1) is 40.2 Å². The van der Waals surface area contributed by atoms with Gasteiger partial charge in [0.15, 0.2) is 11.5 Å². The van der Waals surface area contributed by atoms with Crippen molar-refractivity contribution in [2.75, 3.05) is 78.8 Å². The van der Waals surface area contributed by atoms with Crippen molar-refractivity contribution in [2.45, 2.75) is 18.9 Å². The van der Waals surface area contributed by atoms with Crippen LogP contribution in [0.25, 0.3) is 0 Å². The molecule has 0 amide bonds. The summed E-state index contributed by atoms with van der Waals surface area (Å²) < 4.78 is 28.7. The average molecular weight is 493 g/mol. The molecular weight excluding hydrogens is 456 g/mol. The zero-order chi connectivity index (χ0) is 23.0. The van der Waals surface area contributed by atoms with E-state index in [2.05, 4.69) is 28.0 Å². The van der Waals surface area contributed by atoms with Gasteiger partial charge in [-0.1, -0.05) is 12.1 Å². The zero-order valence-corrected chi connectivity index (χ0v) is 21.3. The maximum Gasteiger partial charge on any atom is 0.161 e. The minimum atomic E-state index is -0.0790. The fraction of sp³-hybridized carbons (Fsp3) is 0.538. The molecule has 8 heteroatoms. The lowest BCUT2D eigenvalue weighted by atomic mass is 9.99. The molecule has 34 heavy (non-hydrogen) atoms. The van der Waals surface area contributed by atoms with E-state index < -0.39 is 0 Å². The van der Waals surface area contributed by atoms with E-state index in [0.29, 0.717) is 13.2 Å². The number of piperazine rings is 1. The van der Waals surface area contributed by atoms with E-state index in [1.807, 2.05) is 18.2 Å². The molecule has 2 aliphatic rings. The Hall–Kier alpha value is -2.19. The van der Waals surface area contributed by atoms with E-state index in [4.69, 9.17) is 23.7 Å².